The molecule has 2 aromatic heterocycles. The highest BCUT2D eigenvalue weighted by Crippen LogP contribution is 2.23. The van der Waals surface area contributed by atoms with Crippen molar-refractivity contribution in [2.75, 3.05) is 12.4 Å². The molecule has 2 aromatic rings. The van der Waals surface area contributed by atoms with Gasteiger partial charge in [0.15, 0.2) is 0 Å². The molecule has 0 saturated carbocycles. The van der Waals surface area contributed by atoms with Gasteiger partial charge >= 0.3 is 0 Å². The molecule has 0 amide bonds. The number of methoxy groups -OCH3 is 1. The number of hydrogen-bond acceptors (Lipinski definition) is 5. The molecule has 1 N–H and O–H groups in total. The van der Waals surface area contributed by atoms with Crippen molar-refractivity contribution in [1.82, 2.24) is 15.0 Å². The zero-order valence-electron chi connectivity index (χ0n) is 9.44. The van der Waals surface area contributed by atoms with Gasteiger partial charge < -0.3 is 10.1 Å². The largest absolute Gasteiger partial charge is 0.480 e. The van der Waals surface area contributed by atoms with Gasteiger partial charge in [-0.05, 0) is 34.5 Å². The van der Waals surface area contributed by atoms with Gasteiger partial charge in [0.25, 0.3) is 0 Å². The van der Waals surface area contributed by atoms with E-state index >= 15 is 0 Å². The molecule has 0 spiro atoms. The second-order valence-electron chi connectivity index (χ2n) is 3.37. The lowest BCUT2D eigenvalue weighted by Crippen LogP contribution is -2.00. The van der Waals surface area contributed by atoms with Gasteiger partial charge in [-0.25, -0.2) is 4.98 Å². The lowest BCUT2D eigenvalue weighted by molar-refractivity contribution is 0.394. The Hall–Kier alpha value is -1.69. The zero-order chi connectivity index (χ0) is 12.3. The van der Waals surface area contributed by atoms with Crippen LogP contribution in [0.15, 0.2) is 29.1 Å². The number of halogens is 1. The Kier molecular flexibility index (Phi) is 3.53. The third kappa shape index (κ3) is 2.71. The molecule has 5 nitrogen and oxygen atoms in total. The van der Waals surface area contributed by atoms with E-state index in [4.69, 9.17) is 4.74 Å². The molecule has 0 aliphatic heterocycles. The molecule has 2 heterocycles. The summed E-state index contributed by atoms with van der Waals surface area (Å²) >= 11 is 3.30. The van der Waals surface area contributed by atoms with Crippen LogP contribution in [-0.4, -0.2) is 22.1 Å². The fourth-order valence-corrected chi connectivity index (χ4v) is 1.62. The van der Waals surface area contributed by atoms with Crippen LogP contribution in [0.25, 0.3) is 0 Å². The fourth-order valence-electron chi connectivity index (χ4n) is 1.27. The quantitative estimate of drug-likeness (QED) is 0.943. The van der Waals surface area contributed by atoms with E-state index in [1.165, 1.54) is 0 Å². The molecule has 0 fully saturated rings. The van der Waals surface area contributed by atoms with Gasteiger partial charge in [0.2, 0.25) is 11.8 Å². The fraction of sp³-hybridized carbons (Fsp3) is 0.182. The maximum absolute atomic E-state index is 5.10. The molecule has 0 aliphatic rings. The Labute approximate surface area is 107 Å². The standard InChI is InChI=1S/C11H11BrN4O/c1-7-3-4-13-6-9(7)15-11-14-5-8(12)10(16-11)17-2/h3-6H,1-2H3,(H,14,15,16). The van der Waals surface area contributed by atoms with Crippen molar-refractivity contribution < 1.29 is 4.74 Å². The van der Waals surface area contributed by atoms with E-state index < -0.39 is 0 Å². The summed E-state index contributed by atoms with van der Waals surface area (Å²) < 4.78 is 5.82. The van der Waals surface area contributed by atoms with Crippen molar-refractivity contribution in [3.8, 4) is 5.88 Å². The summed E-state index contributed by atoms with van der Waals surface area (Å²) in [7, 11) is 1.56. The van der Waals surface area contributed by atoms with Crippen LogP contribution in [0, 0.1) is 6.92 Å². The predicted octanol–water partition coefficient (Wildman–Crippen LogP) is 2.69. The highest BCUT2D eigenvalue weighted by molar-refractivity contribution is 9.10. The second-order valence-corrected chi connectivity index (χ2v) is 4.22. The van der Waals surface area contributed by atoms with Crippen LogP contribution < -0.4 is 10.1 Å². The average molecular weight is 295 g/mol. The molecule has 6 heteroatoms. The maximum atomic E-state index is 5.10. The van der Waals surface area contributed by atoms with Gasteiger partial charge in [-0.3, -0.25) is 4.98 Å². The Balaban J connectivity index is 2.28. The highest BCUT2D eigenvalue weighted by Gasteiger charge is 2.06. The molecule has 0 aliphatic carbocycles. The molecular formula is C11H11BrN4O. The minimum absolute atomic E-state index is 0.473. The van der Waals surface area contributed by atoms with E-state index in [9.17, 15) is 0 Å². The molecule has 0 saturated heterocycles. The summed E-state index contributed by atoms with van der Waals surface area (Å²) in [6, 6.07) is 1.92. The number of ether oxygens (including phenoxy) is 1. The van der Waals surface area contributed by atoms with E-state index in [0.29, 0.717) is 16.3 Å². The first-order valence-electron chi connectivity index (χ1n) is 4.95. The second kappa shape index (κ2) is 5.09. The number of aryl methyl sites for hydroxylation is 1. The van der Waals surface area contributed by atoms with Crippen LogP contribution >= 0.6 is 15.9 Å². The first kappa shape index (κ1) is 11.8. The molecule has 0 unspecified atom stereocenters. The van der Waals surface area contributed by atoms with Gasteiger partial charge in [0.05, 0.1) is 29.7 Å². The van der Waals surface area contributed by atoms with E-state index in [2.05, 4.69) is 36.2 Å². The Bertz CT molecular complexity index is 533. The molecule has 0 atom stereocenters. The van der Waals surface area contributed by atoms with Gasteiger partial charge in [-0.1, -0.05) is 0 Å². The topological polar surface area (TPSA) is 59.9 Å². The lowest BCUT2D eigenvalue weighted by Gasteiger charge is -2.08. The van der Waals surface area contributed by atoms with Crippen molar-refractivity contribution in [1.29, 1.82) is 0 Å². The predicted molar refractivity (Wildman–Crippen MR) is 68.5 cm³/mol. The first-order chi connectivity index (χ1) is 8.20. The van der Waals surface area contributed by atoms with Crippen molar-refractivity contribution in [2.45, 2.75) is 6.92 Å². The minimum Gasteiger partial charge on any atom is -0.480 e. The van der Waals surface area contributed by atoms with Crippen molar-refractivity contribution in [2.24, 2.45) is 0 Å². The Morgan fingerprint density at radius 1 is 1.35 bits per heavy atom. The van der Waals surface area contributed by atoms with Crippen molar-refractivity contribution in [3.05, 3.63) is 34.7 Å². The normalized spacial score (nSPS) is 10.1. The number of nitrogens with zero attached hydrogens (tertiary/aromatic N) is 3. The minimum atomic E-state index is 0.473. The van der Waals surface area contributed by atoms with Crippen LogP contribution in [-0.2, 0) is 0 Å². The molecule has 0 bridgehead atoms. The van der Waals surface area contributed by atoms with Gasteiger partial charge in [-0.15, -0.1) is 0 Å². The smallest absolute Gasteiger partial charge is 0.232 e. The van der Waals surface area contributed by atoms with Crippen molar-refractivity contribution in [3.63, 3.8) is 0 Å². The third-order valence-electron chi connectivity index (χ3n) is 2.19. The number of hydrogen-bond donors (Lipinski definition) is 1. The van der Waals surface area contributed by atoms with E-state index in [1.54, 1.807) is 25.7 Å². The van der Waals surface area contributed by atoms with Gasteiger partial charge in [0.1, 0.15) is 0 Å². The SMILES string of the molecule is COc1nc(Nc2cnccc2C)ncc1Br. The van der Waals surface area contributed by atoms with Gasteiger partial charge in [-0.2, -0.15) is 4.98 Å². The van der Waals surface area contributed by atoms with Crippen molar-refractivity contribution >= 4 is 27.6 Å². The number of pyridine rings is 1. The van der Waals surface area contributed by atoms with E-state index in [1.807, 2.05) is 13.0 Å². The molecule has 0 aromatic carbocycles. The lowest BCUT2D eigenvalue weighted by atomic mass is 10.2. The molecule has 17 heavy (non-hydrogen) atoms. The maximum Gasteiger partial charge on any atom is 0.232 e. The van der Waals surface area contributed by atoms with E-state index in [-0.39, 0.29) is 0 Å². The van der Waals surface area contributed by atoms with Crippen LogP contribution in [0.4, 0.5) is 11.6 Å². The number of rotatable bonds is 3. The Morgan fingerprint density at radius 3 is 2.88 bits per heavy atom. The first-order valence-corrected chi connectivity index (χ1v) is 5.74. The highest BCUT2D eigenvalue weighted by atomic mass is 79.9. The summed E-state index contributed by atoms with van der Waals surface area (Å²) in [4.78, 5) is 12.4. The average Bonchev–Trinajstić information content (AvgIpc) is 2.34. The summed E-state index contributed by atoms with van der Waals surface area (Å²) in [5.41, 5.74) is 1.95. The van der Waals surface area contributed by atoms with Crippen LogP contribution in [0.2, 0.25) is 0 Å². The summed E-state index contributed by atoms with van der Waals surface area (Å²) in [5.74, 6) is 0.963. The summed E-state index contributed by atoms with van der Waals surface area (Å²) in [5, 5.41) is 3.09. The molecular weight excluding hydrogens is 284 g/mol. The number of anilines is 2. The van der Waals surface area contributed by atoms with Crippen LogP contribution in [0.1, 0.15) is 5.56 Å². The summed E-state index contributed by atoms with van der Waals surface area (Å²) in [6.07, 6.45) is 5.11. The Morgan fingerprint density at radius 2 is 2.18 bits per heavy atom. The number of aromatic nitrogens is 3. The van der Waals surface area contributed by atoms with Crippen LogP contribution in [0.3, 0.4) is 0 Å². The van der Waals surface area contributed by atoms with Gasteiger partial charge in [0, 0.05) is 6.20 Å². The monoisotopic (exact) mass is 294 g/mol. The number of nitrogens with one attached hydrogen (secondary N) is 1. The molecule has 88 valence electrons. The zero-order valence-corrected chi connectivity index (χ0v) is 11.0. The molecule has 2 rings (SSSR count). The third-order valence-corrected chi connectivity index (χ3v) is 2.73. The van der Waals surface area contributed by atoms with E-state index in [0.717, 1.165) is 11.3 Å². The molecule has 0 radical (unpaired) electrons. The van der Waals surface area contributed by atoms with Crippen LogP contribution in [0.5, 0.6) is 5.88 Å². The summed E-state index contributed by atoms with van der Waals surface area (Å²) in [6.45, 7) is 1.99.